The van der Waals surface area contributed by atoms with Crippen LogP contribution in [0, 0.1) is 5.92 Å². The largest absolute Gasteiger partial charge is 0.508 e. The van der Waals surface area contributed by atoms with Gasteiger partial charge >= 0.3 is 0 Å². The Hall–Kier alpha value is -1.88. The molecule has 0 aliphatic heterocycles. The van der Waals surface area contributed by atoms with Gasteiger partial charge in [0, 0.05) is 12.0 Å². The molecule has 156 valence electrons. The topological polar surface area (TPSA) is 63.9 Å². The number of aromatic hydroxyl groups is 1. The van der Waals surface area contributed by atoms with E-state index in [0.29, 0.717) is 25.1 Å². The molecule has 0 radical (unpaired) electrons. The molecule has 1 saturated carbocycles. The van der Waals surface area contributed by atoms with Crippen LogP contribution in [0.3, 0.4) is 0 Å². The molecular formula is C25H33NO3. The monoisotopic (exact) mass is 395 g/mol. The van der Waals surface area contributed by atoms with Crippen molar-refractivity contribution in [3.05, 3.63) is 65.2 Å². The number of phenolic OH excluding ortho intramolecular Hbond substituents is 1. The van der Waals surface area contributed by atoms with Gasteiger partial charge in [0.25, 0.3) is 0 Å². The van der Waals surface area contributed by atoms with Gasteiger partial charge < -0.3 is 20.2 Å². The summed E-state index contributed by atoms with van der Waals surface area (Å²) in [6.45, 7) is 2.58. The maximum Gasteiger partial charge on any atom is 0.120 e. The van der Waals surface area contributed by atoms with Gasteiger partial charge in [-0.05, 0) is 80.9 Å². The van der Waals surface area contributed by atoms with E-state index in [9.17, 15) is 15.3 Å². The summed E-state index contributed by atoms with van der Waals surface area (Å²) >= 11 is 0. The number of likely N-dealkylation sites (N-methyl/N-ethyl adjacent to an activating group) is 1. The van der Waals surface area contributed by atoms with Crippen LogP contribution >= 0.6 is 0 Å². The summed E-state index contributed by atoms with van der Waals surface area (Å²) in [6.07, 6.45) is 3.79. The highest BCUT2D eigenvalue weighted by Crippen LogP contribution is 2.60. The van der Waals surface area contributed by atoms with Crippen LogP contribution in [0.15, 0.2) is 48.5 Å². The molecule has 4 nitrogen and oxygen atoms in total. The van der Waals surface area contributed by atoms with Crippen LogP contribution < -0.4 is 0 Å². The van der Waals surface area contributed by atoms with E-state index in [1.807, 2.05) is 61.5 Å². The predicted molar refractivity (Wildman–Crippen MR) is 115 cm³/mol. The molecule has 0 saturated heterocycles. The van der Waals surface area contributed by atoms with Gasteiger partial charge in [0.05, 0.1) is 0 Å². The third-order valence-corrected chi connectivity index (χ3v) is 7.55. The van der Waals surface area contributed by atoms with Gasteiger partial charge in [-0.15, -0.1) is 0 Å². The first-order valence-corrected chi connectivity index (χ1v) is 10.7. The first-order valence-electron chi connectivity index (χ1n) is 10.7. The first-order chi connectivity index (χ1) is 13.7. The Bertz CT molecular complexity index is 883. The van der Waals surface area contributed by atoms with Crippen molar-refractivity contribution in [3.8, 4) is 5.75 Å². The average molecular weight is 396 g/mol. The summed E-state index contributed by atoms with van der Waals surface area (Å²) in [5.41, 5.74) is 0.438. The smallest absolute Gasteiger partial charge is 0.120 e. The maximum absolute atomic E-state index is 12.1. The fourth-order valence-electron chi connectivity index (χ4n) is 6.26. The number of benzene rings is 2. The number of phenols is 1. The minimum absolute atomic E-state index is 0.201. The van der Waals surface area contributed by atoms with E-state index in [1.54, 1.807) is 6.07 Å². The third kappa shape index (κ3) is 3.09. The van der Waals surface area contributed by atoms with E-state index in [0.717, 1.165) is 24.8 Å². The normalized spacial score (nSPS) is 33.9. The van der Waals surface area contributed by atoms with Gasteiger partial charge in [-0.25, -0.2) is 0 Å². The molecule has 2 aromatic carbocycles. The SMILES string of the molecule is CCC12CC(O)(CN(C)C)C(O)(c3ccccc3)C[C@H]1CCc1cc(O)ccc12. The second kappa shape index (κ2) is 7.12. The summed E-state index contributed by atoms with van der Waals surface area (Å²) in [7, 11) is 3.89. The Kier molecular flexibility index (Phi) is 5.01. The van der Waals surface area contributed by atoms with Crippen LogP contribution in [0.2, 0.25) is 0 Å². The van der Waals surface area contributed by atoms with Gasteiger partial charge in [-0.3, -0.25) is 0 Å². The molecule has 0 heterocycles. The summed E-state index contributed by atoms with van der Waals surface area (Å²) in [5, 5.41) is 34.1. The zero-order valence-corrected chi connectivity index (χ0v) is 17.7. The van der Waals surface area contributed by atoms with Crippen molar-refractivity contribution in [1.29, 1.82) is 0 Å². The van der Waals surface area contributed by atoms with Crippen LogP contribution in [0.25, 0.3) is 0 Å². The molecule has 3 N–H and O–H groups in total. The summed E-state index contributed by atoms with van der Waals surface area (Å²) in [4.78, 5) is 1.97. The lowest BCUT2D eigenvalue weighted by atomic mass is 9.48. The maximum atomic E-state index is 12.1. The third-order valence-electron chi connectivity index (χ3n) is 7.55. The van der Waals surface area contributed by atoms with Crippen molar-refractivity contribution in [3.63, 3.8) is 0 Å². The minimum Gasteiger partial charge on any atom is -0.508 e. The van der Waals surface area contributed by atoms with Crippen LogP contribution in [0.4, 0.5) is 0 Å². The highest BCUT2D eigenvalue weighted by molar-refractivity contribution is 5.45. The Labute approximate surface area is 173 Å². The molecule has 29 heavy (non-hydrogen) atoms. The molecule has 0 amide bonds. The molecule has 2 aliphatic carbocycles. The summed E-state index contributed by atoms with van der Waals surface area (Å²) in [5.74, 6) is 0.575. The first kappa shape index (κ1) is 20.4. The highest BCUT2D eigenvalue weighted by Gasteiger charge is 2.62. The Morgan fingerprint density at radius 3 is 2.45 bits per heavy atom. The molecule has 2 aliphatic rings. The standard InChI is InChI=1S/C25H33NO3/c1-4-23-16-24(28,17-26(2)3)25(29,19-8-6-5-7-9-19)15-20(23)11-10-18-14-21(27)12-13-22(18)23/h5-9,12-14,20,27-29H,4,10-11,15-17H2,1-3H3/t20-,23?,24?,25?/m1/s1. The zero-order chi connectivity index (χ0) is 20.9. The minimum atomic E-state index is -1.30. The van der Waals surface area contributed by atoms with Gasteiger partial charge in [-0.1, -0.05) is 43.3 Å². The molecule has 2 aromatic rings. The highest BCUT2D eigenvalue weighted by atomic mass is 16.4. The second-order valence-electron chi connectivity index (χ2n) is 9.46. The lowest BCUT2D eigenvalue weighted by molar-refractivity contribution is -0.219. The number of aliphatic hydroxyl groups is 2. The van der Waals surface area contributed by atoms with Gasteiger partial charge in [0.2, 0.25) is 0 Å². The molecule has 4 atom stereocenters. The van der Waals surface area contributed by atoms with Crippen molar-refractivity contribution in [2.75, 3.05) is 20.6 Å². The lowest BCUT2D eigenvalue weighted by Gasteiger charge is -2.60. The molecule has 0 spiro atoms. The number of rotatable bonds is 4. The average Bonchev–Trinajstić information content (AvgIpc) is 2.69. The van der Waals surface area contributed by atoms with Crippen molar-refractivity contribution in [1.82, 2.24) is 4.90 Å². The Morgan fingerprint density at radius 2 is 1.79 bits per heavy atom. The lowest BCUT2D eigenvalue weighted by Crippen LogP contribution is -2.66. The molecule has 0 bridgehead atoms. The van der Waals surface area contributed by atoms with E-state index in [4.69, 9.17) is 0 Å². The van der Waals surface area contributed by atoms with Gasteiger partial charge in [0.1, 0.15) is 17.0 Å². The van der Waals surface area contributed by atoms with Crippen LogP contribution in [0.5, 0.6) is 5.75 Å². The van der Waals surface area contributed by atoms with Crippen molar-refractivity contribution < 1.29 is 15.3 Å². The van der Waals surface area contributed by atoms with Crippen molar-refractivity contribution >= 4 is 0 Å². The van der Waals surface area contributed by atoms with Crippen LogP contribution in [-0.2, 0) is 17.4 Å². The van der Waals surface area contributed by atoms with E-state index in [1.165, 1.54) is 11.1 Å². The summed E-state index contributed by atoms with van der Waals surface area (Å²) in [6, 6.07) is 15.4. The van der Waals surface area contributed by atoms with E-state index >= 15 is 0 Å². The van der Waals surface area contributed by atoms with E-state index in [2.05, 4.69) is 6.92 Å². The number of hydrogen-bond acceptors (Lipinski definition) is 4. The number of hydrogen-bond donors (Lipinski definition) is 3. The molecular weight excluding hydrogens is 362 g/mol. The zero-order valence-electron chi connectivity index (χ0n) is 17.7. The summed E-state index contributed by atoms with van der Waals surface area (Å²) < 4.78 is 0. The van der Waals surface area contributed by atoms with Crippen LogP contribution in [0.1, 0.15) is 49.3 Å². The molecule has 3 unspecified atom stereocenters. The molecule has 4 rings (SSSR count). The van der Waals surface area contributed by atoms with Gasteiger partial charge in [0.15, 0.2) is 0 Å². The van der Waals surface area contributed by atoms with Gasteiger partial charge in [-0.2, -0.15) is 0 Å². The van der Waals surface area contributed by atoms with Crippen molar-refractivity contribution in [2.45, 2.75) is 55.6 Å². The fourth-order valence-corrected chi connectivity index (χ4v) is 6.26. The fraction of sp³-hybridized carbons (Fsp3) is 0.520. The second-order valence-corrected chi connectivity index (χ2v) is 9.46. The Balaban J connectivity index is 1.87. The van der Waals surface area contributed by atoms with Crippen LogP contribution in [-0.4, -0.2) is 46.5 Å². The molecule has 1 fully saturated rings. The van der Waals surface area contributed by atoms with E-state index in [-0.39, 0.29) is 11.3 Å². The quantitative estimate of drug-likeness (QED) is 0.740. The number of nitrogens with zero attached hydrogens (tertiary/aromatic N) is 1. The van der Waals surface area contributed by atoms with Crippen molar-refractivity contribution in [2.24, 2.45) is 5.92 Å². The predicted octanol–water partition coefficient (Wildman–Crippen LogP) is 3.58. The molecule has 0 aromatic heterocycles. The Morgan fingerprint density at radius 1 is 1.07 bits per heavy atom. The van der Waals surface area contributed by atoms with E-state index < -0.39 is 11.2 Å². The number of fused-ring (bicyclic) bond motifs is 3. The number of aryl methyl sites for hydroxylation is 1. The molecule has 4 heteroatoms.